The minimum Gasteiger partial charge on any atom is -0.496 e. The van der Waals surface area contributed by atoms with E-state index >= 15 is 0 Å². The van der Waals surface area contributed by atoms with Gasteiger partial charge in [0, 0.05) is 12.6 Å². The third kappa shape index (κ3) is 2.61. The molecule has 0 spiro atoms. The van der Waals surface area contributed by atoms with Crippen LogP contribution < -0.4 is 10.6 Å². The molecule has 1 aliphatic rings. The summed E-state index contributed by atoms with van der Waals surface area (Å²) in [6, 6.07) is 6.80. The standard InChI is InChI=1S/C14H22N2O/c1-3-9-16(15)12-7-8-13-11(10-12)5-4-6-14(13)17-2/h4-6,12H,3,7-10,15H2,1-2H3. The second-order valence-electron chi connectivity index (χ2n) is 4.73. The molecule has 1 aromatic rings. The molecule has 0 bridgehead atoms. The van der Waals surface area contributed by atoms with E-state index in [1.807, 2.05) is 11.1 Å². The molecule has 3 heteroatoms. The number of rotatable bonds is 4. The quantitative estimate of drug-likeness (QED) is 0.641. The largest absolute Gasteiger partial charge is 0.496 e. The van der Waals surface area contributed by atoms with Gasteiger partial charge in [-0.15, -0.1) is 0 Å². The van der Waals surface area contributed by atoms with Crippen LogP contribution in [0.25, 0.3) is 0 Å². The lowest BCUT2D eigenvalue weighted by Gasteiger charge is -2.32. The van der Waals surface area contributed by atoms with Crippen LogP contribution >= 0.6 is 0 Å². The fourth-order valence-corrected chi connectivity index (χ4v) is 2.67. The van der Waals surface area contributed by atoms with E-state index in [2.05, 4.69) is 19.1 Å². The Balaban J connectivity index is 2.14. The summed E-state index contributed by atoms with van der Waals surface area (Å²) in [4.78, 5) is 0. The Morgan fingerprint density at radius 2 is 2.29 bits per heavy atom. The van der Waals surface area contributed by atoms with Crippen LogP contribution in [0, 0.1) is 0 Å². The van der Waals surface area contributed by atoms with Crippen LogP contribution in [0.15, 0.2) is 18.2 Å². The molecule has 1 atom stereocenters. The summed E-state index contributed by atoms with van der Waals surface area (Å²) >= 11 is 0. The average molecular weight is 234 g/mol. The fraction of sp³-hybridized carbons (Fsp3) is 0.571. The molecule has 94 valence electrons. The highest BCUT2D eigenvalue weighted by Crippen LogP contribution is 2.30. The first kappa shape index (κ1) is 12.4. The third-order valence-electron chi connectivity index (χ3n) is 3.58. The van der Waals surface area contributed by atoms with E-state index in [1.54, 1.807) is 7.11 Å². The van der Waals surface area contributed by atoms with Crippen molar-refractivity contribution in [2.75, 3.05) is 13.7 Å². The SMILES string of the molecule is CCCN(N)C1CCc2c(cccc2OC)C1. The van der Waals surface area contributed by atoms with E-state index in [1.165, 1.54) is 11.1 Å². The summed E-state index contributed by atoms with van der Waals surface area (Å²) < 4.78 is 5.41. The first-order valence-corrected chi connectivity index (χ1v) is 6.42. The second-order valence-corrected chi connectivity index (χ2v) is 4.73. The van der Waals surface area contributed by atoms with Gasteiger partial charge in [0.15, 0.2) is 0 Å². The van der Waals surface area contributed by atoms with Gasteiger partial charge in [0.2, 0.25) is 0 Å². The molecule has 0 saturated carbocycles. The van der Waals surface area contributed by atoms with Crippen LogP contribution in [0.1, 0.15) is 30.9 Å². The van der Waals surface area contributed by atoms with E-state index in [9.17, 15) is 0 Å². The zero-order chi connectivity index (χ0) is 12.3. The molecule has 2 N–H and O–H groups in total. The normalized spacial score (nSPS) is 19.2. The van der Waals surface area contributed by atoms with Crippen molar-refractivity contribution in [2.24, 2.45) is 5.84 Å². The number of hydrazine groups is 1. The number of hydrogen-bond donors (Lipinski definition) is 1. The van der Waals surface area contributed by atoms with E-state index in [0.717, 1.165) is 38.0 Å². The van der Waals surface area contributed by atoms with E-state index in [4.69, 9.17) is 10.6 Å². The topological polar surface area (TPSA) is 38.5 Å². The number of nitrogens with two attached hydrogens (primary N) is 1. The molecule has 0 amide bonds. The van der Waals surface area contributed by atoms with Gasteiger partial charge in [0.1, 0.15) is 5.75 Å². The molecule has 1 unspecified atom stereocenters. The van der Waals surface area contributed by atoms with Crippen molar-refractivity contribution < 1.29 is 4.74 Å². The average Bonchev–Trinajstić information content (AvgIpc) is 2.37. The Morgan fingerprint density at radius 1 is 1.47 bits per heavy atom. The number of benzene rings is 1. The van der Waals surface area contributed by atoms with Crippen molar-refractivity contribution in [1.82, 2.24) is 5.01 Å². The van der Waals surface area contributed by atoms with Gasteiger partial charge in [-0.2, -0.15) is 0 Å². The number of methoxy groups -OCH3 is 1. The molecule has 17 heavy (non-hydrogen) atoms. The van der Waals surface area contributed by atoms with Crippen LogP contribution in [0.3, 0.4) is 0 Å². The molecule has 0 aliphatic heterocycles. The molecular weight excluding hydrogens is 212 g/mol. The first-order valence-electron chi connectivity index (χ1n) is 6.42. The zero-order valence-corrected chi connectivity index (χ0v) is 10.8. The van der Waals surface area contributed by atoms with Crippen LogP contribution in [0.4, 0.5) is 0 Å². The summed E-state index contributed by atoms with van der Waals surface area (Å²) in [6.07, 6.45) is 4.35. The fourth-order valence-electron chi connectivity index (χ4n) is 2.67. The van der Waals surface area contributed by atoms with Gasteiger partial charge in [-0.1, -0.05) is 19.1 Å². The van der Waals surface area contributed by atoms with Crippen molar-refractivity contribution in [2.45, 2.75) is 38.6 Å². The summed E-state index contributed by atoms with van der Waals surface area (Å²) in [6.45, 7) is 3.14. The number of ether oxygens (including phenoxy) is 1. The molecule has 2 rings (SSSR count). The van der Waals surface area contributed by atoms with Gasteiger partial charge in [0.25, 0.3) is 0 Å². The third-order valence-corrected chi connectivity index (χ3v) is 3.58. The molecule has 0 aromatic heterocycles. The molecule has 0 heterocycles. The van der Waals surface area contributed by atoms with Gasteiger partial charge < -0.3 is 4.74 Å². The molecular formula is C14H22N2O. The van der Waals surface area contributed by atoms with Gasteiger partial charge in [-0.3, -0.25) is 5.84 Å². The van der Waals surface area contributed by atoms with Crippen LogP contribution in [0.2, 0.25) is 0 Å². The van der Waals surface area contributed by atoms with Crippen LogP contribution in [0.5, 0.6) is 5.75 Å². The van der Waals surface area contributed by atoms with Crippen molar-refractivity contribution in [1.29, 1.82) is 0 Å². The van der Waals surface area contributed by atoms with Crippen molar-refractivity contribution >= 4 is 0 Å². The Bertz CT molecular complexity index is 378. The first-order chi connectivity index (χ1) is 8.26. The molecule has 0 fully saturated rings. The summed E-state index contributed by atoms with van der Waals surface area (Å²) in [5.74, 6) is 7.12. The highest BCUT2D eigenvalue weighted by molar-refractivity contribution is 5.42. The molecule has 3 nitrogen and oxygen atoms in total. The summed E-state index contributed by atoms with van der Waals surface area (Å²) in [7, 11) is 1.74. The molecule has 1 aromatic carbocycles. The monoisotopic (exact) mass is 234 g/mol. The lowest BCUT2D eigenvalue weighted by molar-refractivity contribution is 0.183. The molecule has 1 aliphatic carbocycles. The van der Waals surface area contributed by atoms with Crippen molar-refractivity contribution in [3.63, 3.8) is 0 Å². The zero-order valence-electron chi connectivity index (χ0n) is 10.8. The summed E-state index contributed by atoms with van der Waals surface area (Å²) in [5.41, 5.74) is 2.77. The molecule has 0 radical (unpaired) electrons. The number of nitrogens with zero attached hydrogens (tertiary/aromatic N) is 1. The van der Waals surface area contributed by atoms with E-state index < -0.39 is 0 Å². The number of fused-ring (bicyclic) bond motifs is 1. The summed E-state index contributed by atoms with van der Waals surface area (Å²) in [5, 5.41) is 2.00. The van der Waals surface area contributed by atoms with Gasteiger partial charge >= 0.3 is 0 Å². The Morgan fingerprint density at radius 3 is 3.00 bits per heavy atom. The second kappa shape index (κ2) is 5.52. The van der Waals surface area contributed by atoms with Gasteiger partial charge in [0.05, 0.1) is 7.11 Å². The lowest BCUT2D eigenvalue weighted by Crippen LogP contribution is -2.44. The van der Waals surface area contributed by atoms with Crippen LogP contribution in [-0.4, -0.2) is 24.7 Å². The molecule has 0 saturated heterocycles. The maximum Gasteiger partial charge on any atom is 0.122 e. The highest BCUT2D eigenvalue weighted by atomic mass is 16.5. The maximum absolute atomic E-state index is 6.09. The van der Waals surface area contributed by atoms with E-state index in [-0.39, 0.29) is 0 Å². The van der Waals surface area contributed by atoms with Gasteiger partial charge in [-0.05, 0) is 42.9 Å². The lowest BCUT2D eigenvalue weighted by atomic mass is 9.87. The predicted molar refractivity (Wildman–Crippen MR) is 70.0 cm³/mol. The van der Waals surface area contributed by atoms with Gasteiger partial charge in [-0.25, -0.2) is 5.01 Å². The highest BCUT2D eigenvalue weighted by Gasteiger charge is 2.23. The van der Waals surface area contributed by atoms with Crippen molar-refractivity contribution in [3.05, 3.63) is 29.3 Å². The van der Waals surface area contributed by atoms with Crippen molar-refractivity contribution in [3.8, 4) is 5.75 Å². The maximum atomic E-state index is 6.09. The Hall–Kier alpha value is -1.06. The Kier molecular flexibility index (Phi) is 4.02. The smallest absolute Gasteiger partial charge is 0.122 e. The minimum absolute atomic E-state index is 0.481. The minimum atomic E-state index is 0.481. The number of hydrogen-bond acceptors (Lipinski definition) is 3. The van der Waals surface area contributed by atoms with Crippen LogP contribution in [-0.2, 0) is 12.8 Å². The van der Waals surface area contributed by atoms with E-state index in [0.29, 0.717) is 6.04 Å². The predicted octanol–water partition coefficient (Wildman–Crippen LogP) is 2.14. The Labute approximate surface area is 104 Å².